The highest BCUT2D eigenvalue weighted by molar-refractivity contribution is 6.01. The van der Waals surface area contributed by atoms with E-state index in [9.17, 15) is 9.59 Å². The SMILES string of the molecule is CCCOC(=O)c1ccc(NC(=O)Nc2ccc3[nH]cc(C4C=CN(CC(C)C)CC4)c3c2)cc1. The molecular formula is C28H34N4O3. The number of hydrogen-bond acceptors (Lipinski definition) is 4. The quantitative estimate of drug-likeness (QED) is 0.333. The molecule has 2 amide bonds. The maximum atomic E-state index is 12.6. The molecule has 1 atom stereocenters. The smallest absolute Gasteiger partial charge is 0.338 e. The van der Waals surface area contributed by atoms with Crippen LogP contribution in [0.3, 0.4) is 0 Å². The monoisotopic (exact) mass is 474 g/mol. The lowest BCUT2D eigenvalue weighted by Gasteiger charge is -2.29. The molecule has 35 heavy (non-hydrogen) atoms. The molecule has 0 bridgehead atoms. The van der Waals surface area contributed by atoms with E-state index in [0.717, 1.165) is 42.5 Å². The first-order chi connectivity index (χ1) is 16.9. The van der Waals surface area contributed by atoms with Gasteiger partial charge in [0.2, 0.25) is 0 Å². The number of carbonyl (C=O) groups is 2. The fourth-order valence-electron chi connectivity index (χ4n) is 4.37. The van der Waals surface area contributed by atoms with Crippen molar-refractivity contribution >= 4 is 34.3 Å². The van der Waals surface area contributed by atoms with E-state index in [1.54, 1.807) is 24.3 Å². The zero-order chi connectivity index (χ0) is 24.8. The second-order valence-electron chi connectivity index (χ2n) is 9.42. The predicted molar refractivity (Wildman–Crippen MR) is 141 cm³/mol. The molecule has 0 spiro atoms. The van der Waals surface area contributed by atoms with E-state index in [-0.39, 0.29) is 12.0 Å². The third-order valence-corrected chi connectivity index (χ3v) is 6.04. The molecule has 1 aromatic heterocycles. The van der Waals surface area contributed by atoms with E-state index in [0.29, 0.717) is 29.7 Å². The van der Waals surface area contributed by atoms with Gasteiger partial charge in [-0.05, 0) is 73.0 Å². The molecule has 0 saturated heterocycles. The van der Waals surface area contributed by atoms with Crippen molar-refractivity contribution in [2.24, 2.45) is 5.92 Å². The Kier molecular flexibility index (Phi) is 7.75. The van der Waals surface area contributed by atoms with Crippen molar-refractivity contribution in [1.82, 2.24) is 9.88 Å². The molecule has 2 aromatic carbocycles. The van der Waals surface area contributed by atoms with Crippen molar-refractivity contribution in [1.29, 1.82) is 0 Å². The molecule has 184 valence electrons. The van der Waals surface area contributed by atoms with Gasteiger partial charge in [-0.25, -0.2) is 9.59 Å². The highest BCUT2D eigenvalue weighted by atomic mass is 16.5. The van der Waals surface area contributed by atoms with Crippen LogP contribution in [0.4, 0.5) is 16.2 Å². The minimum atomic E-state index is -0.362. The zero-order valence-corrected chi connectivity index (χ0v) is 20.6. The summed E-state index contributed by atoms with van der Waals surface area (Å²) in [7, 11) is 0. The summed E-state index contributed by atoms with van der Waals surface area (Å²) in [6, 6.07) is 12.2. The predicted octanol–water partition coefficient (Wildman–Crippen LogP) is 6.34. The number of benzene rings is 2. The van der Waals surface area contributed by atoms with Crippen molar-refractivity contribution in [2.45, 2.75) is 39.5 Å². The fraction of sp³-hybridized carbons (Fsp3) is 0.357. The van der Waals surface area contributed by atoms with E-state index in [1.807, 2.05) is 25.1 Å². The van der Waals surface area contributed by atoms with Crippen LogP contribution in [0.1, 0.15) is 55.5 Å². The Morgan fingerprint density at radius 3 is 2.54 bits per heavy atom. The second-order valence-corrected chi connectivity index (χ2v) is 9.42. The maximum Gasteiger partial charge on any atom is 0.338 e. The van der Waals surface area contributed by atoms with Gasteiger partial charge in [0.05, 0.1) is 12.2 Å². The molecule has 1 aliphatic rings. The van der Waals surface area contributed by atoms with Gasteiger partial charge in [0.25, 0.3) is 0 Å². The third-order valence-electron chi connectivity index (χ3n) is 6.04. The molecule has 3 aromatic rings. The first kappa shape index (κ1) is 24.4. The van der Waals surface area contributed by atoms with E-state index in [1.165, 1.54) is 5.56 Å². The lowest BCUT2D eigenvalue weighted by Crippen LogP contribution is -2.27. The third kappa shape index (κ3) is 6.23. The van der Waals surface area contributed by atoms with Crippen molar-refractivity contribution in [3.05, 3.63) is 72.1 Å². The molecule has 4 rings (SSSR count). The Morgan fingerprint density at radius 1 is 1.11 bits per heavy atom. The normalized spacial score (nSPS) is 15.4. The molecule has 0 saturated carbocycles. The van der Waals surface area contributed by atoms with Crippen LogP contribution in [0.15, 0.2) is 60.9 Å². The van der Waals surface area contributed by atoms with Gasteiger partial charge in [-0.1, -0.05) is 26.8 Å². The van der Waals surface area contributed by atoms with Crippen molar-refractivity contribution in [3.63, 3.8) is 0 Å². The first-order valence-electron chi connectivity index (χ1n) is 12.3. The van der Waals surface area contributed by atoms with Gasteiger partial charge in [-0.2, -0.15) is 0 Å². The first-order valence-corrected chi connectivity index (χ1v) is 12.3. The average Bonchev–Trinajstić information content (AvgIpc) is 3.26. The van der Waals surface area contributed by atoms with E-state index < -0.39 is 0 Å². The molecule has 0 radical (unpaired) electrons. The van der Waals surface area contributed by atoms with Crippen molar-refractivity contribution in [2.75, 3.05) is 30.3 Å². The van der Waals surface area contributed by atoms with E-state index in [4.69, 9.17) is 4.74 Å². The Morgan fingerprint density at radius 2 is 1.86 bits per heavy atom. The molecule has 1 unspecified atom stereocenters. The van der Waals surface area contributed by atoms with Crippen molar-refractivity contribution in [3.8, 4) is 0 Å². The molecular weight excluding hydrogens is 440 g/mol. The van der Waals surface area contributed by atoms with E-state index in [2.05, 4.69) is 52.8 Å². The van der Waals surface area contributed by atoms with Crippen LogP contribution in [0.25, 0.3) is 10.9 Å². The number of H-pyrrole nitrogens is 1. The number of allylic oxidation sites excluding steroid dienone is 1. The summed E-state index contributed by atoms with van der Waals surface area (Å²) < 4.78 is 5.13. The summed E-state index contributed by atoms with van der Waals surface area (Å²) in [6.45, 7) is 8.94. The molecule has 3 N–H and O–H groups in total. The largest absolute Gasteiger partial charge is 0.462 e. The standard InChI is InChI=1S/C28H34N4O3/c1-4-15-35-27(33)21-5-7-22(8-6-21)30-28(34)31-23-9-10-26-24(16-23)25(17-29-26)20-11-13-32(14-12-20)18-19(2)3/h5-11,13,16-17,19-20,29H,4,12,14-15,18H2,1-3H3,(H2,30,31,34). The molecule has 7 nitrogen and oxygen atoms in total. The number of esters is 1. The zero-order valence-electron chi connectivity index (χ0n) is 20.6. The lowest BCUT2D eigenvalue weighted by molar-refractivity contribution is 0.0505. The Balaban J connectivity index is 1.40. The number of urea groups is 1. The van der Waals surface area contributed by atoms with Gasteiger partial charge < -0.3 is 25.3 Å². The highest BCUT2D eigenvalue weighted by Crippen LogP contribution is 2.33. The van der Waals surface area contributed by atoms with Crippen LogP contribution >= 0.6 is 0 Å². The van der Waals surface area contributed by atoms with Gasteiger partial charge in [0.1, 0.15) is 0 Å². The number of hydrogen-bond donors (Lipinski definition) is 3. The number of aromatic amines is 1. The topological polar surface area (TPSA) is 86.5 Å². The van der Waals surface area contributed by atoms with Crippen LogP contribution in [-0.4, -0.2) is 41.6 Å². The molecule has 1 aliphatic heterocycles. The van der Waals surface area contributed by atoms with Crippen molar-refractivity contribution < 1.29 is 14.3 Å². The summed E-state index contributed by atoms with van der Waals surface area (Å²) in [6.07, 6.45) is 8.42. The van der Waals surface area contributed by atoms with Crippen LogP contribution in [0, 0.1) is 5.92 Å². The molecule has 7 heteroatoms. The number of fused-ring (bicyclic) bond motifs is 1. The number of anilines is 2. The summed E-state index contributed by atoms with van der Waals surface area (Å²) in [5, 5.41) is 6.84. The fourth-order valence-corrected chi connectivity index (χ4v) is 4.37. The molecule has 2 heterocycles. The molecule has 0 fully saturated rings. The number of ether oxygens (including phenoxy) is 1. The minimum Gasteiger partial charge on any atom is -0.462 e. The van der Waals surface area contributed by atoms with Crippen LogP contribution in [0.2, 0.25) is 0 Å². The maximum absolute atomic E-state index is 12.6. The van der Waals surface area contributed by atoms with Gasteiger partial charge >= 0.3 is 12.0 Å². The summed E-state index contributed by atoms with van der Waals surface area (Å²) in [5.74, 6) is 0.627. The summed E-state index contributed by atoms with van der Waals surface area (Å²) >= 11 is 0. The summed E-state index contributed by atoms with van der Waals surface area (Å²) in [5.41, 5.74) is 4.07. The average molecular weight is 475 g/mol. The number of rotatable bonds is 8. The van der Waals surface area contributed by atoms with Gasteiger partial charge in [-0.15, -0.1) is 0 Å². The van der Waals surface area contributed by atoms with Crippen LogP contribution in [-0.2, 0) is 4.74 Å². The van der Waals surface area contributed by atoms with Crippen LogP contribution < -0.4 is 10.6 Å². The number of aromatic nitrogens is 1. The number of nitrogens with zero attached hydrogens (tertiary/aromatic N) is 1. The number of amides is 2. The van der Waals surface area contributed by atoms with E-state index >= 15 is 0 Å². The molecule has 0 aliphatic carbocycles. The number of nitrogens with one attached hydrogen (secondary N) is 3. The second kappa shape index (κ2) is 11.1. The highest BCUT2D eigenvalue weighted by Gasteiger charge is 2.19. The number of carbonyl (C=O) groups excluding carboxylic acids is 2. The Hall–Kier alpha value is -3.74. The lowest BCUT2D eigenvalue weighted by atomic mass is 9.92. The Bertz CT molecular complexity index is 1200. The van der Waals surface area contributed by atoms with Crippen LogP contribution in [0.5, 0.6) is 0 Å². The Labute approximate surface area is 206 Å². The summed E-state index contributed by atoms with van der Waals surface area (Å²) in [4.78, 5) is 30.3. The minimum absolute atomic E-state index is 0.343. The van der Waals surface area contributed by atoms with Gasteiger partial charge in [0.15, 0.2) is 0 Å². The van der Waals surface area contributed by atoms with Gasteiger partial charge in [0, 0.05) is 47.5 Å². The van der Waals surface area contributed by atoms with Gasteiger partial charge in [-0.3, -0.25) is 0 Å².